The molecular weight excluding hydrogens is 189 g/mol. The first kappa shape index (κ1) is 10.5. The van der Waals surface area contributed by atoms with E-state index >= 15 is 0 Å². The predicted octanol–water partition coefficient (Wildman–Crippen LogP) is 0.705. The van der Waals surface area contributed by atoms with Crippen molar-refractivity contribution >= 4 is 5.97 Å². The predicted molar refractivity (Wildman–Crippen MR) is 47.4 cm³/mol. The van der Waals surface area contributed by atoms with Gasteiger partial charge in [0.05, 0.1) is 6.54 Å². The summed E-state index contributed by atoms with van der Waals surface area (Å²) in [6.07, 6.45) is 0. The molecule has 0 heterocycles. The highest BCUT2D eigenvalue weighted by atomic mass is 19.1. The van der Waals surface area contributed by atoms with Gasteiger partial charge in [0.25, 0.3) is 0 Å². The van der Waals surface area contributed by atoms with Crippen LogP contribution in [0.3, 0.4) is 0 Å². The fraction of sp³-hybridized carbons (Fsp3) is 0.222. The Kier molecular flexibility index (Phi) is 3.41. The van der Waals surface area contributed by atoms with Crippen molar-refractivity contribution in [1.29, 1.82) is 0 Å². The normalized spacial score (nSPS) is 10.1. The van der Waals surface area contributed by atoms with Gasteiger partial charge in [-0.25, -0.2) is 4.39 Å². The van der Waals surface area contributed by atoms with Crippen molar-refractivity contribution in [2.75, 3.05) is 6.54 Å². The molecule has 3 N–H and O–H groups in total. The minimum atomic E-state index is -0.981. The lowest BCUT2D eigenvalue weighted by Gasteiger charge is -2.03. The maximum Gasteiger partial charge on any atom is 0.317 e. The van der Waals surface area contributed by atoms with Crippen molar-refractivity contribution in [3.05, 3.63) is 29.6 Å². The SMILES string of the molecule is O=C(O)CNCc1cc(O)cc(F)c1. The van der Waals surface area contributed by atoms with Crippen molar-refractivity contribution < 1.29 is 19.4 Å². The number of rotatable bonds is 4. The molecule has 0 aliphatic rings. The van der Waals surface area contributed by atoms with Gasteiger partial charge in [-0.05, 0) is 17.7 Å². The van der Waals surface area contributed by atoms with Gasteiger partial charge in [0.2, 0.25) is 0 Å². The largest absolute Gasteiger partial charge is 0.508 e. The number of carboxylic acid groups (broad SMARTS) is 1. The van der Waals surface area contributed by atoms with E-state index in [0.717, 1.165) is 6.07 Å². The number of benzene rings is 1. The molecule has 5 heteroatoms. The number of hydrogen-bond donors (Lipinski definition) is 3. The molecule has 0 aromatic heterocycles. The molecule has 1 aromatic rings. The Morgan fingerprint density at radius 2 is 2.14 bits per heavy atom. The lowest BCUT2D eigenvalue weighted by Crippen LogP contribution is -2.21. The topological polar surface area (TPSA) is 69.6 Å². The summed E-state index contributed by atoms with van der Waals surface area (Å²) in [6.45, 7) is 0.00882. The molecular formula is C9H10FNO3. The summed E-state index contributed by atoms with van der Waals surface area (Å²) < 4.78 is 12.7. The van der Waals surface area contributed by atoms with E-state index in [1.165, 1.54) is 12.1 Å². The van der Waals surface area contributed by atoms with E-state index in [-0.39, 0.29) is 18.8 Å². The summed E-state index contributed by atoms with van der Waals surface area (Å²) in [6, 6.07) is 3.59. The molecule has 76 valence electrons. The van der Waals surface area contributed by atoms with Crippen molar-refractivity contribution in [3.63, 3.8) is 0 Å². The Morgan fingerprint density at radius 1 is 1.43 bits per heavy atom. The minimum Gasteiger partial charge on any atom is -0.508 e. The van der Waals surface area contributed by atoms with E-state index in [0.29, 0.717) is 5.56 Å². The Morgan fingerprint density at radius 3 is 2.71 bits per heavy atom. The second-order valence-electron chi connectivity index (χ2n) is 2.81. The number of carboxylic acids is 1. The van der Waals surface area contributed by atoms with Crippen LogP contribution in [0.5, 0.6) is 5.75 Å². The van der Waals surface area contributed by atoms with E-state index in [9.17, 15) is 9.18 Å². The Labute approximate surface area is 80.0 Å². The number of phenolic OH excluding ortho intramolecular Hbond substituents is 1. The number of carbonyl (C=O) groups is 1. The first-order valence-corrected chi connectivity index (χ1v) is 3.99. The molecule has 4 nitrogen and oxygen atoms in total. The lowest BCUT2D eigenvalue weighted by molar-refractivity contribution is -0.135. The summed E-state index contributed by atoms with van der Waals surface area (Å²) in [7, 11) is 0. The number of nitrogens with one attached hydrogen (secondary N) is 1. The van der Waals surface area contributed by atoms with Gasteiger partial charge in [-0.15, -0.1) is 0 Å². The van der Waals surface area contributed by atoms with Gasteiger partial charge in [-0.3, -0.25) is 4.79 Å². The highest BCUT2D eigenvalue weighted by Gasteiger charge is 2.00. The summed E-state index contributed by atoms with van der Waals surface area (Å²) in [5.74, 6) is -1.69. The molecule has 0 saturated carbocycles. The van der Waals surface area contributed by atoms with Gasteiger partial charge in [0.1, 0.15) is 11.6 Å². The standard InChI is InChI=1S/C9H10FNO3/c10-7-1-6(2-8(12)3-7)4-11-5-9(13)14/h1-3,11-12H,4-5H2,(H,13,14). The molecule has 0 aliphatic heterocycles. The highest BCUT2D eigenvalue weighted by Crippen LogP contribution is 2.13. The average molecular weight is 199 g/mol. The van der Waals surface area contributed by atoms with Crippen molar-refractivity contribution in [3.8, 4) is 5.75 Å². The molecule has 0 fully saturated rings. The minimum absolute atomic E-state index is 0.169. The molecule has 0 atom stereocenters. The number of phenols is 1. The summed E-state index contributed by atoms with van der Waals surface area (Å²) in [4.78, 5) is 10.1. The van der Waals surface area contributed by atoms with Gasteiger partial charge in [-0.1, -0.05) is 0 Å². The quantitative estimate of drug-likeness (QED) is 0.667. The van der Waals surface area contributed by atoms with Crippen molar-refractivity contribution in [2.24, 2.45) is 0 Å². The Balaban J connectivity index is 2.54. The summed E-state index contributed by atoms with van der Waals surface area (Å²) in [5, 5.41) is 19.9. The molecule has 1 rings (SSSR count). The van der Waals surface area contributed by atoms with Crippen LogP contribution in [0.1, 0.15) is 5.56 Å². The van der Waals surface area contributed by atoms with E-state index in [1.54, 1.807) is 0 Å². The molecule has 0 amide bonds. The second kappa shape index (κ2) is 4.57. The van der Waals surface area contributed by atoms with Crippen LogP contribution in [-0.4, -0.2) is 22.7 Å². The van der Waals surface area contributed by atoms with Crippen molar-refractivity contribution in [1.82, 2.24) is 5.32 Å². The van der Waals surface area contributed by atoms with Crippen molar-refractivity contribution in [2.45, 2.75) is 6.54 Å². The third-order valence-corrected chi connectivity index (χ3v) is 1.55. The zero-order valence-electron chi connectivity index (χ0n) is 7.33. The van der Waals surface area contributed by atoms with Crippen LogP contribution in [0.15, 0.2) is 18.2 Å². The molecule has 0 radical (unpaired) electrons. The average Bonchev–Trinajstić information content (AvgIpc) is 2.01. The molecule has 0 bridgehead atoms. The highest BCUT2D eigenvalue weighted by molar-refractivity contribution is 5.68. The molecule has 0 spiro atoms. The van der Waals surface area contributed by atoms with Gasteiger partial charge in [-0.2, -0.15) is 0 Å². The monoisotopic (exact) mass is 199 g/mol. The molecule has 14 heavy (non-hydrogen) atoms. The van der Waals surface area contributed by atoms with Gasteiger partial charge < -0.3 is 15.5 Å². The molecule has 0 saturated heterocycles. The van der Waals surface area contributed by atoms with Crippen LogP contribution in [0.2, 0.25) is 0 Å². The van der Waals surface area contributed by atoms with E-state index < -0.39 is 11.8 Å². The number of halogens is 1. The van der Waals surface area contributed by atoms with Crippen LogP contribution in [-0.2, 0) is 11.3 Å². The smallest absolute Gasteiger partial charge is 0.317 e. The number of hydrogen-bond acceptors (Lipinski definition) is 3. The first-order chi connectivity index (χ1) is 6.58. The van der Waals surface area contributed by atoms with Crippen LogP contribution in [0, 0.1) is 5.82 Å². The van der Waals surface area contributed by atoms with Gasteiger partial charge >= 0.3 is 5.97 Å². The third-order valence-electron chi connectivity index (χ3n) is 1.55. The molecule has 0 unspecified atom stereocenters. The Bertz CT molecular complexity index is 321. The second-order valence-corrected chi connectivity index (χ2v) is 2.81. The fourth-order valence-electron chi connectivity index (χ4n) is 1.05. The third kappa shape index (κ3) is 3.40. The first-order valence-electron chi connectivity index (χ1n) is 3.99. The van der Waals surface area contributed by atoms with Crippen LogP contribution in [0.4, 0.5) is 4.39 Å². The van der Waals surface area contributed by atoms with E-state index in [2.05, 4.69) is 5.32 Å². The van der Waals surface area contributed by atoms with E-state index in [4.69, 9.17) is 10.2 Å². The maximum atomic E-state index is 12.7. The number of aliphatic carboxylic acids is 1. The van der Waals surface area contributed by atoms with Crippen LogP contribution < -0.4 is 5.32 Å². The summed E-state index contributed by atoms with van der Waals surface area (Å²) >= 11 is 0. The maximum absolute atomic E-state index is 12.7. The van der Waals surface area contributed by atoms with Crippen LogP contribution >= 0.6 is 0 Å². The van der Waals surface area contributed by atoms with Gasteiger partial charge in [0, 0.05) is 12.6 Å². The lowest BCUT2D eigenvalue weighted by atomic mass is 10.2. The molecule has 0 aliphatic carbocycles. The fourth-order valence-corrected chi connectivity index (χ4v) is 1.05. The zero-order valence-corrected chi connectivity index (χ0v) is 7.33. The van der Waals surface area contributed by atoms with E-state index in [1.807, 2.05) is 0 Å². The summed E-state index contributed by atoms with van der Waals surface area (Å²) in [5.41, 5.74) is 0.503. The number of aromatic hydroxyl groups is 1. The zero-order chi connectivity index (χ0) is 10.6. The Hall–Kier alpha value is -1.62. The molecule has 1 aromatic carbocycles. The van der Waals surface area contributed by atoms with Crippen LogP contribution in [0.25, 0.3) is 0 Å². The van der Waals surface area contributed by atoms with Gasteiger partial charge in [0.15, 0.2) is 0 Å².